The zero-order valence-corrected chi connectivity index (χ0v) is 8.47. The van der Waals surface area contributed by atoms with Crippen LogP contribution in [-0.4, -0.2) is 29.5 Å². The summed E-state index contributed by atoms with van der Waals surface area (Å²) in [6, 6.07) is 0.916. The van der Waals surface area contributed by atoms with Gasteiger partial charge in [-0.15, -0.1) is 0 Å². The summed E-state index contributed by atoms with van der Waals surface area (Å²) in [5.74, 6) is 0. The summed E-state index contributed by atoms with van der Waals surface area (Å²) in [6.45, 7) is 7.03. The summed E-state index contributed by atoms with van der Waals surface area (Å²) in [5.41, 5.74) is 0. The highest BCUT2D eigenvalue weighted by molar-refractivity contribution is 4.73. The Morgan fingerprint density at radius 2 is 1.50 bits per heavy atom. The number of hydrogen-bond acceptors (Lipinski definition) is 1. The Bertz CT molecular complexity index is 96.0. The van der Waals surface area contributed by atoms with Crippen molar-refractivity contribution in [2.24, 2.45) is 0 Å². The van der Waals surface area contributed by atoms with E-state index in [9.17, 15) is 0 Å². The van der Waals surface area contributed by atoms with Crippen molar-refractivity contribution in [3.63, 3.8) is 0 Å². The van der Waals surface area contributed by atoms with E-state index in [1.165, 1.54) is 45.2 Å². The van der Waals surface area contributed by atoms with Crippen LogP contribution in [-0.2, 0) is 0 Å². The van der Waals surface area contributed by atoms with E-state index in [1.807, 2.05) is 0 Å². The predicted octanol–water partition coefficient (Wildman–Crippen LogP) is 1.84. The van der Waals surface area contributed by atoms with Gasteiger partial charge in [-0.3, -0.25) is 0 Å². The van der Waals surface area contributed by atoms with Crippen molar-refractivity contribution in [1.29, 1.82) is 0 Å². The molecule has 1 fully saturated rings. The maximum atomic E-state index is 2.61. The lowest BCUT2D eigenvalue weighted by Crippen LogP contribution is -2.36. The van der Waals surface area contributed by atoms with E-state index < -0.39 is 0 Å². The molecule has 0 amide bonds. The highest BCUT2D eigenvalue weighted by atomic mass is 16.0. The van der Waals surface area contributed by atoms with Crippen molar-refractivity contribution < 1.29 is 5.48 Å². The Balaban J connectivity index is 0.00000121. The first kappa shape index (κ1) is 11.9. The maximum Gasteiger partial charge on any atom is 0.00950 e. The molecule has 0 bridgehead atoms. The van der Waals surface area contributed by atoms with Gasteiger partial charge in [0.25, 0.3) is 0 Å². The van der Waals surface area contributed by atoms with Gasteiger partial charge in [-0.05, 0) is 25.9 Å². The number of rotatable bonds is 3. The second-order valence-corrected chi connectivity index (χ2v) is 3.51. The molecular weight excluding hydrogens is 150 g/mol. The summed E-state index contributed by atoms with van der Waals surface area (Å²) in [4.78, 5) is 2.61. The van der Waals surface area contributed by atoms with Crippen molar-refractivity contribution >= 4 is 0 Å². The fourth-order valence-electron chi connectivity index (χ4n) is 2.19. The molecule has 0 radical (unpaired) electrons. The van der Waals surface area contributed by atoms with Gasteiger partial charge in [0.05, 0.1) is 0 Å². The lowest BCUT2D eigenvalue weighted by molar-refractivity contribution is 0.172. The van der Waals surface area contributed by atoms with Gasteiger partial charge in [-0.25, -0.2) is 0 Å². The molecule has 0 aromatic heterocycles. The van der Waals surface area contributed by atoms with Crippen molar-refractivity contribution in [2.75, 3.05) is 13.1 Å². The van der Waals surface area contributed by atoms with Gasteiger partial charge in [-0.2, -0.15) is 0 Å². The van der Waals surface area contributed by atoms with Gasteiger partial charge in [0.1, 0.15) is 0 Å². The molecule has 1 aliphatic carbocycles. The average Bonchev–Trinajstić information content (AvgIpc) is 2.09. The first-order chi connectivity index (χ1) is 5.38. The summed E-state index contributed by atoms with van der Waals surface area (Å²) >= 11 is 0. The molecule has 12 heavy (non-hydrogen) atoms. The van der Waals surface area contributed by atoms with Gasteiger partial charge < -0.3 is 10.4 Å². The molecule has 0 unspecified atom stereocenters. The van der Waals surface area contributed by atoms with Crippen LogP contribution in [0.5, 0.6) is 0 Å². The second-order valence-electron chi connectivity index (χ2n) is 3.51. The molecule has 74 valence electrons. The van der Waals surface area contributed by atoms with Crippen molar-refractivity contribution in [3.05, 3.63) is 0 Å². The van der Waals surface area contributed by atoms with Crippen molar-refractivity contribution in [2.45, 2.75) is 52.0 Å². The topological polar surface area (TPSA) is 34.7 Å². The van der Waals surface area contributed by atoms with Gasteiger partial charge in [-0.1, -0.05) is 33.1 Å². The molecule has 1 rings (SSSR count). The van der Waals surface area contributed by atoms with Crippen LogP contribution in [0.1, 0.15) is 46.0 Å². The Hall–Kier alpha value is -0.0800. The summed E-state index contributed by atoms with van der Waals surface area (Å²) in [7, 11) is 0. The largest absolute Gasteiger partial charge is 0.412 e. The number of nitrogens with zero attached hydrogens (tertiary/aromatic N) is 1. The zero-order chi connectivity index (χ0) is 8.10. The summed E-state index contributed by atoms with van der Waals surface area (Å²) in [5, 5.41) is 0. The van der Waals surface area contributed by atoms with E-state index in [-0.39, 0.29) is 5.48 Å². The fraction of sp³-hybridized carbons (Fsp3) is 1.00. The van der Waals surface area contributed by atoms with Gasteiger partial charge >= 0.3 is 0 Å². The van der Waals surface area contributed by atoms with Crippen LogP contribution in [0.3, 0.4) is 0 Å². The van der Waals surface area contributed by atoms with E-state index in [1.54, 1.807) is 0 Å². The fourth-order valence-corrected chi connectivity index (χ4v) is 2.19. The lowest BCUT2D eigenvalue weighted by atomic mass is 9.94. The smallest absolute Gasteiger partial charge is 0.00950 e. The van der Waals surface area contributed by atoms with Crippen LogP contribution in [0.15, 0.2) is 0 Å². The maximum absolute atomic E-state index is 2.61. The van der Waals surface area contributed by atoms with Crippen LogP contribution in [0.4, 0.5) is 0 Å². The average molecular weight is 173 g/mol. The molecular formula is C10H23NO. The van der Waals surface area contributed by atoms with Crippen molar-refractivity contribution in [1.82, 2.24) is 4.90 Å². The minimum absolute atomic E-state index is 0. The lowest BCUT2D eigenvalue weighted by Gasteiger charge is -2.32. The normalized spacial score (nSPS) is 19.2. The Labute approximate surface area is 76.3 Å². The van der Waals surface area contributed by atoms with Gasteiger partial charge in [0.2, 0.25) is 0 Å². The third-order valence-electron chi connectivity index (χ3n) is 2.90. The van der Waals surface area contributed by atoms with E-state index in [0.29, 0.717) is 0 Å². The molecule has 2 heteroatoms. The molecule has 1 aliphatic rings. The van der Waals surface area contributed by atoms with Crippen LogP contribution < -0.4 is 0 Å². The third-order valence-corrected chi connectivity index (χ3v) is 2.90. The minimum atomic E-state index is 0. The van der Waals surface area contributed by atoms with Crippen LogP contribution >= 0.6 is 0 Å². The van der Waals surface area contributed by atoms with Crippen molar-refractivity contribution in [3.8, 4) is 0 Å². The Morgan fingerprint density at radius 1 is 1.00 bits per heavy atom. The highest BCUT2D eigenvalue weighted by Gasteiger charge is 2.17. The minimum Gasteiger partial charge on any atom is -0.412 e. The quantitative estimate of drug-likeness (QED) is 0.641. The van der Waals surface area contributed by atoms with Crippen LogP contribution in [0.25, 0.3) is 0 Å². The molecule has 2 nitrogen and oxygen atoms in total. The molecule has 0 aliphatic heterocycles. The Morgan fingerprint density at radius 3 is 1.92 bits per heavy atom. The first-order valence-electron chi connectivity index (χ1n) is 5.12. The molecule has 0 aromatic rings. The van der Waals surface area contributed by atoms with E-state index in [0.717, 1.165) is 6.04 Å². The molecule has 0 heterocycles. The molecule has 0 atom stereocenters. The zero-order valence-electron chi connectivity index (χ0n) is 8.47. The standard InChI is InChI=1S/C10H21N.H2O/c1-3-11(4-2)10-8-6-5-7-9-10;/h10H,3-9H2,1-2H3;1H2. The molecule has 0 saturated heterocycles. The van der Waals surface area contributed by atoms with E-state index >= 15 is 0 Å². The second kappa shape index (κ2) is 6.44. The molecule has 0 aromatic carbocycles. The van der Waals surface area contributed by atoms with Crippen LogP contribution in [0.2, 0.25) is 0 Å². The van der Waals surface area contributed by atoms with Crippen LogP contribution in [0, 0.1) is 0 Å². The summed E-state index contributed by atoms with van der Waals surface area (Å²) < 4.78 is 0. The van der Waals surface area contributed by atoms with E-state index in [4.69, 9.17) is 0 Å². The predicted molar refractivity (Wildman–Crippen MR) is 53.4 cm³/mol. The first-order valence-corrected chi connectivity index (χ1v) is 5.12. The Kier molecular flexibility index (Phi) is 6.39. The monoisotopic (exact) mass is 173 g/mol. The number of hydrogen-bond donors (Lipinski definition) is 0. The summed E-state index contributed by atoms with van der Waals surface area (Å²) in [6.07, 6.45) is 7.28. The van der Waals surface area contributed by atoms with Gasteiger partial charge in [0.15, 0.2) is 0 Å². The molecule has 0 spiro atoms. The highest BCUT2D eigenvalue weighted by Crippen LogP contribution is 2.21. The third kappa shape index (κ3) is 3.11. The van der Waals surface area contributed by atoms with E-state index in [2.05, 4.69) is 18.7 Å². The van der Waals surface area contributed by atoms with Gasteiger partial charge in [0, 0.05) is 6.04 Å². The molecule has 1 saturated carbocycles. The SMILES string of the molecule is CCN(CC)C1CCCCC1.O. The molecule has 2 N–H and O–H groups in total.